The smallest absolute Gasteiger partial charge is 0.116 e. The van der Waals surface area contributed by atoms with Crippen LogP contribution in [0.3, 0.4) is 0 Å². The molecule has 0 aromatic heterocycles. The van der Waals surface area contributed by atoms with Crippen molar-refractivity contribution in [2.75, 3.05) is 19.6 Å². The minimum Gasteiger partial charge on any atom is -0.380 e. The Morgan fingerprint density at radius 1 is 0.920 bits per heavy atom. The Kier molecular flexibility index (Phi) is 7.24. The zero-order valence-electron chi connectivity index (χ0n) is 14.7. The third-order valence-electron chi connectivity index (χ3n) is 5.00. The molecule has 1 fully saturated rings. The summed E-state index contributed by atoms with van der Waals surface area (Å²) in [5.41, 5.74) is 1.92. The fraction of sp³-hybridized carbons (Fsp3) is 0.364. The molecular weight excluding hydrogens is 330 g/mol. The molecule has 3 heteroatoms. The lowest BCUT2D eigenvalue weighted by atomic mass is 9.81. The van der Waals surface area contributed by atoms with E-state index in [1.165, 1.54) is 19.3 Å². The molecule has 1 unspecified atom stereocenters. The lowest BCUT2D eigenvalue weighted by molar-refractivity contribution is 0.0659. The molecule has 1 heterocycles. The van der Waals surface area contributed by atoms with Gasteiger partial charge in [-0.1, -0.05) is 73.7 Å². The molecule has 2 aromatic rings. The lowest BCUT2D eigenvalue weighted by Crippen LogP contribution is -2.39. The van der Waals surface area contributed by atoms with Crippen LogP contribution in [-0.4, -0.2) is 29.6 Å². The van der Waals surface area contributed by atoms with Gasteiger partial charge < -0.3 is 5.11 Å². The van der Waals surface area contributed by atoms with E-state index in [0.717, 1.165) is 36.3 Å². The molecule has 1 aliphatic heterocycles. The first-order valence-corrected chi connectivity index (χ1v) is 8.91. The average molecular weight is 358 g/mol. The molecule has 2 aromatic carbocycles. The van der Waals surface area contributed by atoms with E-state index in [4.69, 9.17) is 0 Å². The van der Waals surface area contributed by atoms with E-state index >= 15 is 0 Å². The maximum atomic E-state index is 11.6. The van der Waals surface area contributed by atoms with E-state index in [-0.39, 0.29) is 12.4 Å². The Bertz CT molecular complexity index is 652. The standard InChI is InChI=1S/C22H27NO.ClH/c1-19(18-23-15-9-4-10-16-23)22(24,21-13-7-3-8-14-21)17-20-11-5-2-6-12-20;/h2-3,5-8,11-14,24H,1,4,9-10,15-18H2;1H. The van der Waals surface area contributed by atoms with Crippen LogP contribution in [0.15, 0.2) is 72.8 Å². The van der Waals surface area contributed by atoms with Gasteiger partial charge in [0.15, 0.2) is 0 Å². The molecule has 0 bridgehead atoms. The van der Waals surface area contributed by atoms with Crippen molar-refractivity contribution in [2.45, 2.75) is 31.3 Å². The normalized spacial score (nSPS) is 17.3. The average Bonchev–Trinajstić information content (AvgIpc) is 2.64. The van der Waals surface area contributed by atoms with Crippen molar-refractivity contribution in [3.63, 3.8) is 0 Å². The van der Waals surface area contributed by atoms with E-state index in [1.54, 1.807) is 0 Å². The molecule has 1 N–H and O–H groups in total. The summed E-state index contributed by atoms with van der Waals surface area (Å²) in [4.78, 5) is 2.42. The monoisotopic (exact) mass is 357 g/mol. The zero-order valence-corrected chi connectivity index (χ0v) is 15.5. The Hall–Kier alpha value is -1.61. The van der Waals surface area contributed by atoms with Crippen molar-refractivity contribution in [1.82, 2.24) is 4.90 Å². The fourth-order valence-corrected chi connectivity index (χ4v) is 3.55. The maximum absolute atomic E-state index is 11.6. The van der Waals surface area contributed by atoms with Crippen LogP contribution in [0.1, 0.15) is 30.4 Å². The topological polar surface area (TPSA) is 23.5 Å². The van der Waals surface area contributed by atoms with Gasteiger partial charge >= 0.3 is 0 Å². The third kappa shape index (κ3) is 4.94. The highest BCUT2D eigenvalue weighted by Gasteiger charge is 2.33. The van der Waals surface area contributed by atoms with Gasteiger partial charge in [0.1, 0.15) is 5.60 Å². The van der Waals surface area contributed by atoms with E-state index in [0.29, 0.717) is 6.42 Å². The molecule has 1 saturated heterocycles. The van der Waals surface area contributed by atoms with Gasteiger partial charge in [0.05, 0.1) is 0 Å². The van der Waals surface area contributed by atoms with E-state index in [2.05, 4.69) is 23.6 Å². The Morgan fingerprint density at radius 3 is 2.08 bits per heavy atom. The molecule has 0 spiro atoms. The second-order valence-corrected chi connectivity index (χ2v) is 6.83. The van der Waals surface area contributed by atoms with Gasteiger partial charge in [-0.25, -0.2) is 0 Å². The number of piperidine rings is 1. The first-order chi connectivity index (χ1) is 11.7. The van der Waals surface area contributed by atoms with Crippen molar-refractivity contribution in [3.05, 3.63) is 83.9 Å². The number of halogens is 1. The number of nitrogens with zero attached hydrogens (tertiary/aromatic N) is 1. The van der Waals surface area contributed by atoms with Crippen molar-refractivity contribution >= 4 is 12.4 Å². The van der Waals surface area contributed by atoms with Crippen LogP contribution in [0.25, 0.3) is 0 Å². The number of hydrogen-bond donors (Lipinski definition) is 1. The van der Waals surface area contributed by atoms with Gasteiger partial charge in [-0.05, 0) is 42.6 Å². The summed E-state index contributed by atoms with van der Waals surface area (Å²) < 4.78 is 0. The minimum atomic E-state index is -1.03. The molecule has 1 aliphatic rings. The van der Waals surface area contributed by atoms with Crippen LogP contribution in [0.2, 0.25) is 0 Å². The van der Waals surface area contributed by atoms with E-state index in [9.17, 15) is 5.11 Å². The van der Waals surface area contributed by atoms with E-state index in [1.807, 2.05) is 48.5 Å². The van der Waals surface area contributed by atoms with Crippen molar-refractivity contribution in [3.8, 4) is 0 Å². The highest BCUT2D eigenvalue weighted by Crippen LogP contribution is 2.33. The first kappa shape index (κ1) is 19.7. The Labute approximate surface area is 157 Å². The highest BCUT2D eigenvalue weighted by atomic mass is 35.5. The fourth-order valence-electron chi connectivity index (χ4n) is 3.55. The van der Waals surface area contributed by atoms with Crippen LogP contribution in [0, 0.1) is 0 Å². The van der Waals surface area contributed by atoms with Crippen LogP contribution >= 0.6 is 12.4 Å². The molecular formula is C22H28ClNO. The highest BCUT2D eigenvalue weighted by molar-refractivity contribution is 5.85. The molecule has 3 rings (SSSR count). The van der Waals surface area contributed by atoms with Crippen LogP contribution in [0.5, 0.6) is 0 Å². The predicted molar refractivity (Wildman–Crippen MR) is 107 cm³/mol. The minimum absolute atomic E-state index is 0. The van der Waals surface area contributed by atoms with Gasteiger partial charge in [-0.2, -0.15) is 0 Å². The maximum Gasteiger partial charge on any atom is 0.116 e. The van der Waals surface area contributed by atoms with Crippen molar-refractivity contribution < 1.29 is 5.11 Å². The van der Waals surface area contributed by atoms with Gasteiger partial charge in [-0.15, -0.1) is 12.4 Å². The quantitative estimate of drug-likeness (QED) is 0.765. The zero-order chi connectivity index (χ0) is 16.8. The van der Waals surface area contributed by atoms with Crippen LogP contribution in [0.4, 0.5) is 0 Å². The van der Waals surface area contributed by atoms with Gasteiger partial charge in [-0.3, -0.25) is 4.90 Å². The summed E-state index contributed by atoms with van der Waals surface area (Å²) in [5.74, 6) is 0. The summed E-state index contributed by atoms with van der Waals surface area (Å²) >= 11 is 0. The first-order valence-electron chi connectivity index (χ1n) is 8.91. The molecule has 1 atom stereocenters. The number of hydrogen-bond acceptors (Lipinski definition) is 2. The van der Waals surface area contributed by atoms with Crippen molar-refractivity contribution in [1.29, 1.82) is 0 Å². The number of likely N-dealkylation sites (tertiary alicyclic amines) is 1. The van der Waals surface area contributed by atoms with Gasteiger partial charge in [0.2, 0.25) is 0 Å². The number of aliphatic hydroxyl groups is 1. The molecule has 134 valence electrons. The lowest BCUT2D eigenvalue weighted by Gasteiger charge is -2.35. The summed E-state index contributed by atoms with van der Waals surface area (Å²) in [5, 5.41) is 11.6. The number of rotatable bonds is 6. The summed E-state index contributed by atoms with van der Waals surface area (Å²) in [6.45, 7) is 7.28. The Morgan fingerprint density at radius 2 is 1.48 bits per heavy atom. The number of benzene rings is 2. The molecule has 2 nitrogen and oxygen atoms in total. The second-order valence-electron chi connectivity index (χ2n) is 6.83. The molecule has 25 heavy (non-hydrogen) atoms. The largest absolute Gasteiger partial charge is 0.380 e. The van der Waals surface area contributed by atoms with Crippen LogP contribution in [-0.2, 0) is 12.0 Å². The molecule has 0 amide bonds. The van der Waals surface area contributed by atoms with E-state index < -0.39 is 5.60 Å². The van der Waals surface area contributed by atoms with Gasteiger partial charge in [0.25, 0.3) is 0 Å². The predicted octanol–water partition coefficient (Wildman–Crippen LogP) is 4.58. The van der Waals surface area contributed by atoms with Crippen molar-refractivity contribution in [2.24, 2.45) is 0 Å². The third-order valence-corrected chi connectivity index (χ3v) is 5.00. The van der Waals surface area contributed by atoms with Crippen LogP contribution < -0.4 is 0 Å². The summed E-state index contributed by atoms with van der Waals surface area (Å²) in [7, 11) is 0. The van der Waals surface area contributed by atoms with Gasteiger partial charge in [0, 0.05) is 13.0 Å². The summed E-state index contributed by atoms with van der Waals surface area (Å²) in [6.07, 6.45) is 4.37. The molecule has 0 radical (unpaired) electrons. The second kappa shape index (κ2) is 9.19. The SMILES string of the molecule is C=C(CN1CCCCC1)C(O)(Cc1ccccc1)c1ccccc1.Cl. The summed E-state index contributed by atoms with van der Waals surface area (Å²) in [6, 6.07) is 20.2. The Balaban J connectivity index is 0.00000225. The molecule has 0 aliphatic carbocycles. The molecule has 0 saturated carbocycles.